The Bertz CT molecular complexity index is 591. The lowest BCUT2D eigenvalue weighted by Crippen LogP contribution is -2.10. The number of benzene rings is 1. The molecule has 0 radical (unpaired) electrons. The molecule has 1 aromatic heterocycles. The van der Waals surface area contributed by atoms with E-state index in [1.807, 2.05) is 13.0 Å². The van der Waals surface area contributed by atoms with Gasteiger partial charge in [-0.3, -0.25) is 0 Å². The maximum Gasteiger partial charge on any atom is 0.600 e. The lowest BCUT2D eigenvalue weighted by atomic mass is 9.84. The zero-order chi connectivity index (χ0) is 12.9. The molecule has 0 saturated heterocycles. The molecule has 18 heavy (non-hydrogen) atoms. The Balaban J connectivity index is 2.26. The minimum atomic E-state index is -4.14. The van der Waals surface area contributed by atoms with Gasteiger partial charge in [0.2, 0.25) is 0 Å². The van der Waals surface area contributed by atoms with E-state index >= 15 is 0 Å². The molecule has 3 rings (SSSR count). The molecular weight excluding hydrogens is 257 g/mol. The number of halogens is 3. The van der Waals surface area contributed by atoms with Crippen molar-refractivity contribution in [2.24, 2.45) is 0 Å². The highest BCUT2D eigenvalue weighted by molar-refractivity contribution is 7.38. The summed E-state index contributed by atoms with van der Waals surface area (Å²) in [4.78, 5) is 0.620. The quantitative estimate of drug-likeness (QED) is 0.589. The van der Waals surface area contributed by atoms with E-state index in [9.17, 15) is 13.2 Å². The maximum atomic E-state index is 13.3. The summed E-state index contributed by atoms with van der Waals surface area (Å²) in [5, 5.41) is 0.776. The van der Waals surface area contributed by atoms with Crippen LogP contribution in [-0.2, 0) is 5.51 Å². The van der Waals surface area contributed by atoms with Gasteiger partial charge in [0.05, 0.1) is 10.5 Å². The molecule has 0 nitrogen and oxygen atoms in total. The number of aryl methyl sites for hydroxylation is 1. The Labute approximate surface area is 106 Å². The molecular formula is C14H14F3S+. The average molecular weight is 271 g/mol. The molecule has 0 bridgehead atoms. The molecule has 1 aliphatic carbocycles. The number of rotatable bonds is 1. The Morgan fingerprint density at radius 1 is 1.17 bits per heavy atom. The van der Waals surface area contributed by atoms with Crippen molar-refractivity contribution in [3.63, 3.8) is 0 Å². The van der Waals surface area contributed by atoms with Crippen molar-refractivity contribution in [3.05, 3.63) is 34.7 Å². The van der Waals surface area contributed by atoms with Crippen LogP contribution in [0.4, 0.5) is 13.2 Å². The van der Waals surface area contributed by atoms with E-state index in [0.717, 1.165) is 30.2 Å². The van der Waals surface area contributed by atoms with E-state index in [2.05, 4.69) is 0 Å². The van der Waals surface area contributed by atoms with Gasteiger partial charge in [-0.1, -0.05) is 18.1 Å². The van der Waals surface area contributed by atoms with Crippen molar-refractivity contribution in [1.82, 2.24) is 0 Å². The smallest absolute Gasteiger partial charge is 0.118 e. The summed E-state index contributed by atoms with van der Waals surface area (Å²) >= 11 is 0. The summed E-state index contributed by atoms with van der Waals surface area (Å²) in [6.45, 7) is 1.92. The van der Waals surface area contributed by atoms with E-state index in [0.29, 0.717) is 9.58 Å². The fraction of sp³-hybridized carbons (Fsp3) is 0.429. The van der Waals surface area contributed by atoms with E-state index in [-0.39, 0.29) is 5.92 Å². The van der Waals surface area contributed by atoms with Crippen LogP contribution in [-0.4, -0.2) is 0 Å². The van der Waals surface area contributed by atoms with Crippen LogP contribution in [0.3, 0.4) is 0 Å². The van der Waals surface area contributed by atoms with Gasteiger partial charge in [-0.15, -0.1) is 13.2 Å². The number of hydrogen-bond donors (Lipinski definition) is 0. The van der Waals surface area contributed by atoms with Gasteiger partial charge in [-0.05, 0) is 31.9 Å². The molecule has 0 spiro atoms. The summed E-state index contributed by atoms with van der Waals surface area (Å²) in [6, 6.07) is 7.10. The number of fused-ring (bicyclic) bond motifs is 1. The first-order valence-corrected chi connectivity index (χ1v) is 7.32. The third kappa shape index (κ3) is 1.83. The summed E-state index contributed by atoms with van der Waals surface area (Å²) in [6.07, 6.45) is 2.89. The monoisotopic (exact) mass is 271 g/mol. The molecule has 1 unspecified atom stereocenters. The van der Waals surface area contributed by atoms with Crippen LogP contribution >= 0.6 is 10.5 Å². The molecule has 2 aromatic rings. The second-order valence-corrected chi connectivity index (χ2v) is 6.95. The van der Waals surface area contributed by atoms with Crippen LogP contribution < -0.4 is 0 Å². The first-order valence-electron chi connectivity index (χ1n) is 6.10. The molecule has 1 atom stereocenters. The van der Waals surface area contributed by atoms with Crippen LogP contribution in [0.1, 0.15) is 35.6 Å². The molecule has 1 saturated carbocycles. The van der Waals surface area contributed by atoms with Crippen molar-refractivity contribution < 1.29 is 13.2 Å². The van der Waals surface area contributed by atoms with Crippen molar-refractivity contribution in [2.75, 3.05) is 0 Å². The first-order chi connectivity index (χ1) is 8.47. The van der Waals surface area contributed by atoms with Gasteiger partial charge >= 0.3 is 5.51 Å². The zero-order valence-electron chi connectivity index (χ0n) is 10.1. The molecule has 1 aromatic carbocycles. The molecule has 1 fully saturated rings. The van der Waals surface area contributed by atoms with Crippen molar-refractivity contribution >= 4 is 20.6 Å². The number of alkyl halides is 3. The van der Waals surface area contributed by atoms with Crippen LogP contribution in [0.5, 0.6) is 0 Å². The Kier molecular flexibility index (Phi) is 2.66. The highest BCUT2D eigenvalue weighted by Gasteiger charge is 2.50. The van der Waals surface area contributed by atoms with Crippen LogP contribution in [0.15, 0.2) is 24.3 Å². The minimum absolute atomic E-state index is 0.155. The Morgan fingerprint density at radius 2 is 1.89 bits per heavy atom. The van der Waals surface area contributed by atoms with Gasteiger partial charge in [-0.2, -0.15) is 0 Å². The Morgan fingerprint density at radius 3 is 2.44 bits per heavy atom. The van der Waals surface area contributed by atoms with Gasteiger partial charge in [0, 0.05) is 17.4 Å². The highest BCUT2D eigenvalue weighted by Crippen LogP contribution is 2.56. The summed E-state index contributed by atoms with van der Waals surface area (Å²) in [7, 11) is -1.68. The van der Waals surface area contributed by atoms with Crippen LogP contribution in [0, 0.1) is 6.92 Å². The van der Waals surface area contributed by atoms with E-state index in [1.54, 1.807) is 18.2 Å². The van der Waals surface area contributed by atoms with Gasteiger partial charge in [0.1, 0.15) is 0 Å². The predicted octanol–water partition coefficient (Wildman–Crippen LogP) is 5.64. The van der Waals surface area contributed by atoms with Crippen molar-refractivity contribution in [3.8, 4) is 0 Å². The Hall–Kier alpha value is -1.03. The van der Waals surface area contributed by atoms with Crippen LogP contribution in [0.2, 0.25) is 0 Å². The molecule has 1 heterocycles. The minimum Gasteiger partial charge on any atom is -0.118 e. The molecule has 0 aliphatic heterocycles. The normalized spacial score (nSPS) is 18.1. The standard InChI is InChI=1S/C14H14F3S/c1-9-5-6-12-11(7-9)8-13(10-3-2-4-10)18(12)14(15,16)17/h5-8,10H,2-4H2,1H3/q+1. The molecule has 1 aliphatic rings. The van der Waals surface area contributed by atoms with Gasteiger partial charge in [-0.25, -0.2) is 0 Å². The van der Waals surface area contributed by atoms with Crippen LogP contribution in [0.25, 0.3) is 10.1 Å². The second kappa shape index (κ2) is 3.98. The van der Waals surface area contributed by atoms with Crippen molar-refractivity contribution in [2.45, 2.75) is 37.6 Å². The average Bonchev–Trinajstić information content (AvgIpc) is 2.51. The third-order valence-corrected chi connectivity index (χ3v) is 5.85. The molecule has 0 amide bonds. The lowest BCUT2D eigenvalue weighted by Gasteiger charge is -2.21. The second-order valence-electron chi connectivity index (χ2n) is 4.97. The summed E-state index contributed by atoms with van der Waals surface area (Å²) < 4.78 is 40.3. The number of thiophene rings is 1. The molecule has 0 N–H and O–H groups in total. The largest absolute Gasteiger partial charge is 0.600 e. The van der Waals surface area contributed by atoms with E-state index in [4.69, 9.17) is 0 Å². The topological polar surface area (TPSA) is 0 Å². The fourth-order valence-corrected chi connectivity index (χ4v) is 4.68. The van der Waals surface area contributed by atoms with Crippen molar-refractivity contribution in [1.29, 1.82) is 0 Å². The van der Waals surface area contributed by atoms with E-state index < -0.39 is 16.0 Å². The zero-order valence-corrected chi connectivity index (χ0v) is 10.9. The van der Waals surface area contributed by atoms with Gasteiger partial charge < -0.3 is 0 Å². The highest BCUT2D eigenvalue weighted by atomic mass is 32.2. The SMILES string of the molecule is Cc1ccc2c(c1)cc(C1CCC1)[s+]2C(F)(F)F. The summed E-state index contributed by atoms with van der Waals surface area (Å²) in [5.41, 5.74) is -3.12. The third-order valence-electron chi connectivity index (χ3n) is 3.66. The fourth-order valence-electron chi connectivity index (χ4n) is 2.54. The maximum absolute atomic E-state index is 13.3. The molecule has 96 valence electrons. The van der Waals surface area contributed by atoms with Gasteiger partial charge in [0.25, 0.3) is 0 Å². The predicted molar refractivity (Wildman–Crippen MR) is 69.1 cm³/mol. The lowest BCUT2D eigenvalue weighted by molar-refractivity contribution is -0.0868. The number of hydrogen-bond acceptors (Lipinski definition) is 0. The van der Waals surface area contributed by atoms with Gasteiger partial charge in [0.15, 0.2) is 9.58 Å². The summed E-state index contributed by atoms with van der Waals surface area (Å²) in [5.74, 6) is 0.155. The first kappa shape index (κ1) is 12.0. The van der Waals surface area contributed by atoms with E-state index in [1.165, 1.54) is 0 Å². The molecule has 4 heteroatoms.